The molecule has 19 heavy (non-hydrogen) atoms. The molecule has 0 saturated heterocycles. The lowest BCUT2D eigenvalue weighted by Gasteiger charge is -2.36. The molecular weight excluding hydrogens is 242 g/mol. The highest BCUT2D eigenvalue weighted by atomic mass is 16.5. The molecule has 1 aliphatic carbocycles. The normalized spacial score (nSPS) is 24.7. The Morgan fingerprint density at radius 3 is 2.53 bits per heavy atom. The van der Waals surface area contributed by atoms with Crippen molar-refractivity contribution in [2.75, 3.05) is 13.2 Å². The minimum atomic E-state index is -0.0220. The van der Waals surface area contributed by atoms with Gasteiger partial charge in [0, 0.05) is 25.7 Å². The summed E-state index contributed by atoms with van der Waals surface area (Å²) in [7, 11) is 0. The Morgan fingerprint density at radius 2 is 2.05 bits per heavy atom. The van der Waals surface area contributed by atoms with Gasteiger partial charge in [-0.05, 0) is 37.5 Å². The minimum absolute atomic E-state index is 0.0220. The summed E-state index contributed by atoms with van der Waals surface area (Å²) in [6.45, 7) is 9.12. The van der Waals surface area contributed by atoms with Crippen molar-refractivity contribution < 1.29 is 14.6 Å². The van der Waals surface area contributed by atoms with Gasteiger partial charge < -0.3 is 15.2 Å². The molecule has 0 radical (unpaired) electrons. The van der Waals surface area contributed by atoms with Crippen LogP contribution in [-0.2, 0) is 9.53 Å². The Balaban J connectivity index is 2.30. The van der Waals surface area contributed by atoms with Crippen LogP contribution in [0.25, 0.3) is 0 Å². The number of carbonyl (C=O) groups is 1. The molecule has 1 saturated carbocycles. The number of hydrogen-bond donors (Lipinski definition) is 2. The molecule has 4 nitrogen and oxygen atoms in total. The molecule has 1 rings (SSSR count). The van der Waals surface area contributed by atoms with Crippen LogP contribution in [0.15, 0.2) is 0 Å². The Labute approximate surface area is 116 Å². The zero-order chi connectivity index (χ0) is 14.5. The van der Waals surface area contributed by atoms with Gasteiger partial charge in [0.25, 0.3) is 0 Å². The van der Waals surface area contributed by atoms with Gasteiger partial charge in [0.15, 0.2) is 0 Å². The lowest BCUT2D eigenvalue weighted by molar-refractivity contribution is -0.125. The zero-order valence-corrected chi connectivity index (χ0v) is 12.7. The number of aliphatic hydroxyl groups excluding tert-OH is 1. The summed E-state index contributed by atoms with van der Waals surface area (Å²) in [6.07, 6.45) is 3.56. The Bertz CT molecular complexity index is 280. The quantitative estimate of drug-likeness (QED) is 0.745. The lowest BCUT2D eigenvalue weighted by Crippen LogP contribution is -2.45. The highest BCUT2D eigenvalue weighted by Gasteiger charge is 2.32. The molecule has 2 N–H and O–H groups in total. The largest absolute Gasteiger partial charge is 0.396 e. The Morgan fingerprint density at radius 1 is 1.42 bits per heavy atom. The molecule has 1 atom stereocenters. The van der Waals surface area contributed by atoms with Crippen molar-refractivity contribution in [3.05, 3.63) is 0 Å². The molecule has 0 aromatic rings. The van der Waals surface area contributed by atoms with E-state index in [1.54, 1.807) is 0 Å². The molecule has 0 spiro atoms. The minimum Gasteiger partial charge on any atom is -0.396 e. The first kappa shape index (κ1) is 16.4. The second-order valence-corrected chi connectivity index (χ2v) is 6.62. The summed E-state index contributed by atoms with van der Waals surface area (Å²) in [6, 6.07) is 0.0350. The summed E-state index contributed by atoms with van der Waals surface area (Å²) in [5, 5.41) is 12.1. The van der Waals surface area contributed by atoms with E-state index >= 15 is 0 Å². The van der Waals surface area contributed by atoms with Crippen LogP contribution < -0.4 is 5.32 Å². The van der Waals surface area contributed by atoms with Gasteiger partial charge in [0.1, 0.15) is 0 Å². The Hall–Kier alpha value is -0.610. The predicted octanol–water partition coefficient (Wildman–Crippen LogP) is 2.10. The molecule has 0 aromatic heterocycles. The monoisotopic (exact) mass is 271 g/mol. The number of nitrogens with one attached hydrogen (secondary N) is 1. The van der Waals surface area contributed by atoms with E-state index in [0.717, 1.165) is 19.4 Å². The van der Waals surface area contributed by atoms with Crippen molar-refractivity contribution in [3.8, 4) is 0 Å². The molecule has 0 aliphatic heterocycles. The van der Waals surface area contributed by atoms with Crippen LogP contribution in [0.1, 0.15) is 53.4 Å². The third-order valence-corrected chi connectivity index (χ3v) is 3.87. The van der Waals surface area contributed by atoms with E-state index in [-0.39, 0.29) is 24.0 Å². The van der Waals surface area contributed by atoms with Crippen molar-refractivity contribution in [2.24, 2.45) is 11.3 Å². The third-order valence-electron chi connectivity index (χ3n) is 3.87. The lowest BCUT2D eigenvalue weighted by atomic mass is 9.79. The summed E-state index contributed by atoms with van der Waals surface area (Å²) in [4.78, 5) is 12.0. The smallest absolute Gasteiger partial charge is 0.220 e. The van der Waals surface area contributed by atoms with Crippen molar-refractivity contribution in [3.63, 3.8) is 0 Å². The number of ether oxygens (including phenoxy) is 1. The van der Waals surface area contributed by atoms with Gasteiger partial charge >= 0.3 is 0 Å². The molecule has 0 aromatic carbocycles. The maximum Gasteiger partial charge on any atom is 0.220 e. The maximum absolute atomic E-state index is 12.0. The fourth-order valence-electron chi connectivity index (χ4n) is 2.58. The van der Waals surface area contributed by atoms with Crippen LogP contribution in [0, 0.1) is 11.3 Å². The molecule has 1 unspecified atom stereocenters. The topological polar surface area (TPSA) is 58.6 Å². The van der Waals surface area contributed by atoms with Gasteiger partial charge in [-0.2, -0.15) is 0 Å². The maximum atomic E-state index is 12.0. The fraction of sp³-hybridized carbons (Fsp3) is 0.933. The van der Waals surface area contributed by atoms with Crippen LogP contribution in [0.4, 0.5) is 0 Å². The second-order valence-electron chi connectivity index (χ2n) is 6.62. The van der Waals surface area contributed by atoms with Crippen LogP contribution >= 0.6 is 0 Å². The first-order chi connectivity index (χ1) is 8.86. The number of amides is 1. The molecular formula is C15H29NO3. The van der Waals surface area contributed by atoms with Gasteiger partial charge in [-0.1, -0.05) is 20.8 Å². The van der Waals surface area contributed by atoms with E-state index in [1.807, 2.05) is 6.92 Å². The summed E-state index contributed by atoms with van der Waals surface area (Å²) >= 11 is 0. The average molecular weight is 271 g/mol. The van der Waals surface area contributed by atoms with E-state index in [9.17, 15) is 4.79 Å². The molecule has 1 fully saturated rings. The van der Waals surface area contributed by atoms with Gasteiger partial charge in [-0.15, -0.1) is 0 Å². The van der Waals surface area contributed by atoms with Crippen molar-refractivity contribution >= 4 is 5.91 Å². The highest BCUT2D eigenvalue weighted by Crippen LogP contribution is 2.32. The predicted molar refractivity (Wildman–Crippen MR) is 75.8 cm³/mol. The number of rotatable bonds is 7. The van der Waals surface area contributed by atoms with Crippen LogP contribution in [0.5, 0.6) is 0 Å². The van der Waals surface area contributed by atoms with Gasteiger partial charge in [0.05, 0.1) is 6.10 Å². The van der Waals surface area contributed by atoms with Crippen molar-refractivity contribution in [2.45, 2.75) is 65.5 Å². The van der Waals surface area contributed by atoms with E-state index in [4.69, 9.17) is 9.84 Å². The van der Waals surface area contributed by atoms with Crippen LogP contribution in [0.2, 0.25) is 0 Å². The summed E-state index contributed by atoms with van der Waals surface area (Å²) < 4.78 is 5.50. The summed E-state index contributed by atoms with van der Waals surface area (Å²) in [5.74, 6) is 0.569. The first-order valence-corrected chi connectivity index (χ1v) is 7.38. The van der Waals surface area contributed by atoms with Crippen LogP contribution in [-0.4, -0.2) is 36.4 Å². The van der Waals surface area contributed by atoms with Gasteiger partial charge in [-0.25, -0.2) is 0 Å². The molecule has 112 valence electrons. The SMILES string of the molecule is CCOC1CC(CC(=O)NC(CCO)C(C)(C)C)C1. The molecule has 4 heteroatoms. The molecule has 0 bridgehead atoms. The van der Waals surface area contributed by atoms with Gasteiger partial charge in [0.2, 0.25) is 5.91 Å². The van der Waals surface area contributed by atoms with E-state index < -0.39 is 0 Å². The first-order valence-electron chi connectivity index (χ1n) is 7.38. The molecule has 1 amide bonds. The highest BCUT2D eigenvalue weighted by molar-refractivity contribution is 5.76. The standard InChI is InChI=1S/C15H29NO3/c1-5-19-12-8-11(9-12)10-14(18)16-13(6-7-17)15(2,3)4/h11-13,17H,5-10H2,1-4H3,(H,16,18). The number of hydrogen-bond acceptors (Lipinski definition) is 3. The van der Waals surface area contributed by atoms with E-state index in [1.165, 1.54) is 0 Å². The zero-order valence-electron chi connectivity index (χ0n) is 12.7. The van der Waals surface area contributed by atoms with E-state index in [2.05, 4.69) is 26.1 Å². The average Bonchev–Trinajstić information content (AvgIpc) is 2.24. The van der Waals surface area contributed by atoms with Crippen LogP contribution in [0.3, 0.4) is 0 Å². The van der Waals surface area contributed by atoms with E-state index in [0.29, 0.717) is 24.9 Å². The third kappa shape index (κ3) is 5.49. The van der Waals surface area contributed by atoms with Crippen molar-refractivity contribution in [1.29, 1.82) is 0 Å². The second kappa shape index (κ2) is 7.25. The number of carbonyl (C=O) groups excluding carboxylic acids is 1. The summed E-state index contributed by atoms with van der Waals surface area (Å²) in [5.41, 5.74) is -0.0220. The van der Waals surface area contributed by atoms with Gasteiger partial charge in [-0.3, -0.25) is 4.79 Å². The Kier molecular flexibility index (Phi) is 6.27. The molecule has 0 heterocycles. The molecule has 1 aliphatic rings. The fourth-order valence-corrected chi connectivity index (χ4v) is 2.58. The van der Waals surface area contributed by atoms with Crippen molar-refractivity contribution in [1.82, 2.24) is 5.32 Å². The number of aliphatic hydroxyl groups is 1.